The number of nitrogens with two attached hydrogens (primary N) is 1. The van der Waals surface area contributed by atoms with Gasteiger partial charge in [0.25, 0.3) is 5.69 Å². The van der Waals surface area contributed by atoms with Crippen LogP contribution in [0.1, 0.15) is 24.8 Å². The smallest absolute Gasteiger partial charge is 0.274 e. The van der Waals surface area contributed by atoms with E-state index in [9.17, 15) is 14.9 Å². The van der Waals surface area contributed by atoms with Gasteiger partial charge in [-0.2, -0.15) is 0 Å². The van der Waals surface area contributed by atoms with Crippen molar-refractivity contribution in [1.29, 1.82) is 0 Å². The Balaban J connectivity index is 2.27. The van der Waals surface area contributed by atoms with Crippen molar-refractivity contribution >= 4 is 33.2 Å². The molecule has 6 nitrogen and oxygen atoms in total. The molecule has 3 N–H and O–H groups in total. The standard InChI is InChI=1S/C13H16BrN3O3/c1-8-5-9(14)10(6-11(8)17(19)20)16-12(18)13(7-15)3-2-4-13/h5-6H,2-4,7,15H2,1H3,(H,16,18). The lowest BCUT2D eigenvalue weighted by molar-refractivity contribution is -0.385. The number of hydrogen-bond donors (Lipinski definition) is 2. The molecule has 1 saturated carbocycles. The van der Waals surface area contributed by atoms with Gasteiger partial charge in [0.2, 0.25) is 5.91 Å². The minimum Gasteiger partial charge on any atom is -0.329 e. The number of nitrogens with zero attached hydrogens (tertiary/aromatic N) is 1. The zero-order valence-electron chi connectivity index (χ0n) is 11.1. The summed E-state index contributed by atoms with van der Waals surface area (Å²) in [5.74, 6) is -0.162. The van der Waals surface area contributed by atoms with E-state index in [0.29, 0.717) is 22.3 Å². The second-order valence-corrected chi connectivity index (χ2v) is 6.02. The van der Waals surface area contributed by atoms with Gasteiger partial charge in [0.15, 0.2) is 0 Å². The summed E-state index contributed by atoms with van der Waals surface area (Å²) < 4.78 is 0.625. The van der Waals surface area contributed by atoms with E-state index in [2.05, 4.69) is 21.2 Å². The first kappa shape index (κ1) is 14.9. The Labute approximate surface area is 125 Å². The Hall–Kier alpha value is -1.47. The Morgan fingerprint density at radius 1 is 1.55 bits per heavy atom. The van der Waals surface area contributed by atoms with E-state index in [-0.39, 0.29) is 11.6 Å². The molecule has 1 fully saturated rings. The third kappa shape index (κ3) is 2.55. The normalized spacial score (nSPS) is 16.4. The van der Waals surface area contributed by atoms with Gasteiger partial charge in [0.1, 0.15) is 0 Å². The van der Waals surface area contributed by atoms with Crippen LogP contribution < -0.4 is 11.1 Å². The molecule has 0 aliphatic heterocycles. The predicted molar refractivity (Wildman–Crippen MR) is 79.5 cm³/mol. The van der Waals surface area contributed by atoms with Crippen LogP contribution in [0.3, 0.4) is 0 Å². The Kier molecular flexibility index (Phi) is 4.10. The van der Waals surface area contributed by atoms with Crippen molar-refractivity contribution in [1.82, 2.24) is 0 Å². The summed E-state index contributed by atoms with van der Waals surface area (Å²) in [6.07, 6.45) is 2.52. The molecular formula is C13H16BrN3O3. The molecular weight excluding hydrogens is 326 g/mol. The van der Waals surface area contributed by atoms with Crippen molar-refractivity contribution in [3.63, 3.8) is 0 Å². The molecule has 1 aromatic rings. The minimum atomic E-state index is -0.515. The van der Waals surface area contributed by atoms with Crippen LogP contribution in [0.15, 0.2) is 16.6 Å². The number of nitrogens with one attached hydrogen (secondary N) is 1. The molecule has 108 valence electrons. The van der Waals surface area contributed by atoms with E-state index in [1.54, 1.807) is 13.0 Å². The molecule has 1 aromatic carbocycles. The van der Waals surface area contributed by atoms with Crippen molar-refractivity contribution in [2.75, 3.05) is 11.9 Å². The molecule has 0 unspecified atom stereocenters. The summed E-state index contributed by atoms with van der Waals surface area (Å²) in [5, 5.41) is 13.7. The van der Waals surface area contributed by atoms with Gasteiger partial charge in [-0.05, 0) is 41.8 Å². The summed E-state index contributed by atoms with van der Waals surface area (Å²) in [5.41, 5.74) is 6.10. The van der Waals surface area contributed by atoms with E-state index in [0.717, 1.165) is 19.3 Å². The highest BCUT2D eigenvalue weighted by Gasteiger charge is 2.43. The van der Waals surface area contributed by atoms with Crippen molar-refractivity contribution in [3.8, 4) is 0 Å². The second-order valence-electron chi connectivity index (χ2n) is 5.17. The SMILES string of the molecule is Cc1cc(Br)c(NC(=O)C2(CN)CCC2)cc1[N+](=O)[O-]. The fraction of sp³-hybridized carbons (Fsp3) is 0.462. The number of aryl methyl sites for hydroxylation is 1. The average molecular weight is 342 g/mol. The topological polar surface area (TPSA) is 98.3 Å². The summed E-state index contributed by atoms with van der Waals surface area (Å²) in [6.45, 7) is 1.95. The maximum atomic E-state index is 12.3. The van der Waals surface area contributed by atoms with Crippen LogP contribution in [0.2, 0.25) is 0 Å². The number of rotatable bonds is 4. The minimum absolute atomic E-state index is 0.0149. The zero-order chi connectivity index (χ0) is 14.9. The maximum absolute atomic E-state index is 12.3. The van der Waals surface area contributed by atoms with Crippen LogP contribution in [0, 0.1) is 22.5 Å². The summed E-state index contributed by atoms with van der Waals surface area (Å²) in [4.78, 5) is 22.8. The Morgan fingerprint density at radius 3 is 2.65 bits per heavy atom. The van der Waals surface area contributed by atoms with Crippen LogP contribution in [0.25, 0.3) is 0 Å². The number of carbonyl (C=O) groups excluding carboxylic acids is 1. The van der Waals surface area contributed by atoms with Crippen LogP contribution in [0.4, 0.5) is 11.4 Å². The van der Waals surface area contributed by atoms with E-state index >= 15 is 0 Å². The lowest BCUT2D eigenvalue weighted by Crippen LogP contribution is -2.47. The van der Waals surface area contributed by atoms with Crippen LogP contribution >= 0.6 is 15.9 Å². The molecule has 0 heterocycles. The first-order chi connectivity index (χ1) is 9.39. The molecule has 0 atom stereocenters. The quantitative estimate of drug-likeness (QED) is 0.649. The maximum Gasteiger partial charge on any atom is 0.274 e. The van der Waals surface area contributed by atoms with Crippen molar-refractivity contribution in [2.24, 2.45) is 11.1 Å². The van der Waals surface area contributed by atoms with Crippen molar-refractivity contribution in [3.05, 3.63) is 32.3 Å². The highest BCUT2D eigenvalue weighted by atomic mass is 79.9. The van der Waals surface area contributed by atoms with E-state index in [1.807, 2.05) is 0 Å². The van der Waals surface area contributed by atoms with Gasteiger partial charge in [-0.1, -0.05) is 6.42 Å². The average Bonchev–Trinajstić information content (AvgIpc) is 2.31. The third-order valence-electron chi connectivity index (χ3n) is 3.91. The molecule has 2 rings (SSSR count). The van der Waals surface area contributed by atoms with Crippen molar-refractivity contribution in [2.45, 2.75) is 26.2 Å². The number of halogens is 1. The zero-order valence-corrected chi connectivity index (χ0v) is 12.7. The number of benzene rings is 1. The molecule has 1 amide bonds. The van der Waals surface area contributed by atoms with Gasteiger partial charge in [0, 0.05) is 22.6 Å². The fourth-order valence-corrected chi connectivity index (χ4v) is 2.89. The van der Waals surface area contributed by atoms with Gasteiger partial charge in [-0.15, -0.1) is 0 Å². The van der Waals surface area contributed by atoms with E-state index in [1.165, 1.54) is 6.07 Å². The van der Waals surface area contributed by atoms with Gasteiger partial charge >= 0.3 is 0 Å². The largest absolute Gasteiger partial charge is 0.329 e. The van der Waals surface area contributed by atoms with Gasteiger partial charge in [-0.3, -0.25) is 14.9 Å². The monoisotopic (exact) mass is 341 g/mol. The highest BCUT2D eigenvalue weighted by Crippen LogP contribution is 2.41. The molecule has 0 saturated heterocycles. The number of amides is 1. The lowest BCUT2D eigenvalue weighted by atomic mass is 9.68. The molecule has 7 heteroatoms. The molecule has 0 spiro atoms. The van der Waals surface area contributed by atoms with Gasteiger partial charge in [0.05, 0.1) is 16.0 Å². The summed E-state index contributed by atoms with van der Waals surface area (Å²) in [6, 6.07) is 3.00. The molecule has 0 bridgehead atoms. The number of nitro groups is 1. The molecule has 1 aliphatic carbocycles. The van der Waals surface area contributed by atoms with Crippen LogP contribution in [-0.2, 0) is 4.79 Å². The second kappa shape index (κ2) is 5.49. The molecule has 20 heavy (non-hydrogen) atoms. The number of anilines is 1. The number of nitro benzene ring substituents is 1. The lowest BCUT2D eigenvalue weighted by Gasteiger charge is -2.39. The summed E-state index contributed by atoms with van der Waals surface area (Å²) >= 11 is 3.32. The molecule has 0 radical (unpaired) electrons. The number of carbonyl (C=O) groups is 1. The van der Waals surface area contributed by atoms with Gasteiger partial charge in [-0.25, -0.2) is 0 Å². The third-order valence-corrected chi connectivity index (χ3v) is 4.57. The van der Waals surface area contributed by atoms with Crippen LogP contribution in [-0.4, -0.2) is 17.4 Å². The molecule has 1 aliphatic rings. The Morgan fingerprint density at radius 2 is 2.20 bits per heavy atom. The first-order valence-electron chi connectivity index (χ1n) is 6.36. The van der Waals surface area contributed by atoms with Crippen molar-refractivity contribution < 1.29 is 9.72 Å². The van der Waals surface area contributed by atoms with Gasteiger partial charge < -0.3 is 11.1 Å². The van der Waals surface area contributed by atoms with E-state index < -0.39 is 10.3 Å². The summed E-state index contributed by atoms with van der Waals surface area (Å²) in [7, 11) is 0. The van der Waals surface area contributed by atoms with Crippen LogP contribution in [0.5, 0.6) is 0 Å². The first-order valence-corrected chi connectivity index (χ1v) is 7.15. The fourth-order valence-electron chi connectivity index (χ4n) is 2.34. The predicted octanol–water partition coefficient (Wildman–Crippen LogP) is 2.73. The molecule has 0 aromatic heterocycles. The highest BCUT2D eigenvalue weighted by molar-refractivity contribution is 9.10. The van der Waals surface area contributed by atoms with E-state index in [4.69, 9.17) is 5.73 Å². The number of hydrogen-bond acceptors (Lipinski definition) is 4. The Bertz CT molecular complexity index is 565.